The Morgan fingerprint density at radius 3 is 2.64 bits per heavy atom. The number of thioether (sulfide) groups is 1. The van der Waals surface area contributed by atoms with Crippen molar-refractivity contribution in [3.05, 3.63) is 87.3 Å². The Morgan fingerprint density at radius 2 is 1.92 bits per heavy atom. The number of aromatic hydroxyl groups is 2. The van der Waals surface area contributed by atoms with Gasteiger partial charge in [0.05, 0.1) is 0 Å². The number of alkyl halides is 3. The summed E-state index contributed by atoms with van der Waals surface area (Å²) >= 11 is 1.56. The SMILES string of the molecule is C[C@@H](N(CC[C@@H]1c2ccccc2SCc2cccc(O)c21)C(=O)c1c(O)c(=O)ccn1N)C(F)(F)F. The molecule has 0 fully saturated rings. The van der Waals surface area contributed by atoms with E-state index in [1.165, 1.54) is 6.07 Å². The van der Waals surface area contributed by atoms with E-state index in [4.69, 9.17) is 5.84 Å². The Morgan fingerprint density at radius 1 is 1.19 bits per heavy atom. The first-order valence-corrected chi connectivity index (χ1v) is 12.1. The number of amides is 1. The molecule has 36 heavy (non-hydrogen) atoms. The molecular weight excluding hydrogens is 495 g/mol. The normalized spacial score (nSPS) is 15.9. The molecular formula is C25H24F3N3O4S. The summed E-state index contributed by atoms with van der Waals surface area (Å²) in [7, 11) is 0. The van der Waals surface area contributed by atoms with Gasteiger partial charge in [-0.25, -0.2) is 0 Å². The fraction of sp³-hybridized carbons (Fsp3) is 0.280. The van der Waals surface area contributed by atoms with Crippen LogP contribution >= 0.6 is 11.8 Å². The minimum absolute atomic E-state index is 0.0213. The predicted molar refractivity (Wildman–Crippen MR) is 130 cm³/mol. The zero-order chi connectivity index (χ0) is 26.2. The number of pyridine rings is 1. The van der Waals surface area contributed by atoms with Crippen molar-refractivity contribution in [3.8, 4) is 11.5 Å². The van der Waals surface area contributed by atoms with Crippen molar-refractivity contribution in [3.63, 3.8) is 0 Å². The number of nitrogen functional groups attached to an aromatic ring is 1. The molecule has 0 bridgehead atoms. The van der Waals surface area contributed by atoms with E-state index in [0.29, 0.717) is 20.9 Å². The van der Waals surface area contributed by atoms with Crippen LogP contribution in [0.4, 0.5) is 13.2 Å². The van der Waals surface area contributed by atoms with Crippen LogP contribution in [0, 0.1) is 0 Å². The second-order valence-electron chi connectivity index (χ2n) is 8.52. The lowest BCUT2D eigenvalue weighted by Gasteiger charge is -2.33. The molecule has 0 aliphatic carbocycles. The highest BCUT2D eigenvalue weighted by molar-refractivity contribution is 7.98. The number of phenols is 1. The summed E-state index contributed by atoms with van der Waals surface area (Å²) in [5.41, 5.74) is 0.597. The Kier molecular flexibility index (Phi) is 6.94. The second kappa shape index (κ2) is 9.81. The van der Waals surface area contributed by atoms with Gasteiger partial charge in [-0.2, -0.15) is 13.2 Å². The van der Waals surface area contributed by atoms with Gasteiger partial charge in [-0.1, -0.05) is 30.3 Å². The van der Waals surface area contributed by atoms with Crippen LogP contribution < -0.4 is 11.3 Å². The number of halogens is 3. The maximum Gasteiger partial charge on any atom is 0.408 e. The fourth-order valence-electron chi connectivity index (χ4n) is 4.44. The van der Waals surface area contributed by atoms with Gasteiger partial charge in [-0.05, 0) is 36.6 Å². The first-order chi connectivity index (χ1) is 17.0. The maximum absolute atomic E-state index is 13.8. The third-order valence-corrected chi connectivity index (χ3v) is 7.50. The molecule has 0 saturated heterocycles. The Hall–Kier alpha value is -3.60. The van der Waals surface area contributed by atoms with Crippen LogP contribution in [0.25, 0.3) is 0 Å². The molecule has 2 atom stereocenters. The van der Waals surface area contributed by atoms with Gasteiger partial charge in [0, 0.05) is 40.9 Å². The number of fused-ring (bicyclic) bond motifs is 2. The van der Waals surface area contributed by atoms with Crippen LogP contribution in [-0.2, 0) is 5.75 Å². The molecule has 4 rings (SSSR count). The smallest absolute Gasteiger partial charge is 0.408 e. The molecule has 0 spiro atoms. The van der Waals surface area contributed by atoms with E-state index in [9.17, 15) is 33.0 Å². The summed E-state index contributed by atoms with van der Waals surface area (Å²) in [5, 5.41) is 20.9. The molecule has 3 aromatic rings. The third-order valence-electron chi connectivity index (χ3n) is 6.37. The lowest BCUT2D eigenvalue weighted by molar-refractivity contribution is -0.172. The number of phenolic OH excluding ortho intramolecular Hbond substituents is 1. The van der Waals surface area contributed by atoms with Crippen LogP contribution in [0.5, 0.6) is 11.5 Å². The molecule has 1 aromatic heterocycles. The molecule has 7 nitrogen and oxygen atoms in total. The molecule has 2 aromatic carbocycles. The Bertz CT molecular complexity index is 1360. The molecule has 0 unspecified atom stereocenters. The van der Waals surface area contributed by atoms with Crippen molar-refractivity contribution in [1.29, 1.82) is 0 Å². The third kappa shape index (κ3) is 4.75. The quantitative estimate of drug-likeness (QED) is 0.436. The van der Waals surface area contributed by atoms with E-state index in [-0.39, 0.29) is 18.7 Å². The molecule has 1 aliphatic rings. The number of hydrogen-bond acceptors (Lipinski definition) is 6. The van der Waals surface area contributed by atoms with Crippen LogP contribution in [-0.4, -0.2) is 44.5 Å². The standard InChI is InChI=1S/C25H24F3N3O4S/c1-14(25(26,27)28)30(24(35)22-23(34)19(33)10-12-31(22)29)11-9-17-16-6-2-3-8-20(16)36-13-15-5-4-7-18(32)21(15)17/h2-8,10,12,14,17,32,34H,9,11,13,29H2,1H3/t14-,17-/m1/s1. The minimum Gasteiger partial charge on any atom is -0.508 e. The molecule has 190 valence electrons. The molecule has 11 heteroatoms. The number of rotatable bonds is 5. The summed E-state index contributed by atoms with van der Waals surface area (Å²) in [6.07, 6.45) is -3.74. The van der Waals surface area contributed by atoms with Crippen molar-refractivity contribution >= 4 is 17.7 Å². The van der Waals surface area contributed by atoms with Crippen LogP contribution in [0.2, 0.25) is 0 Å². The maximum atomic E-state index is 13.8. The van der Waals surface area contributed by atoms with E-state index in [0.717, 1.165) is 35.2 Å². The predicted octanol–water partition coefficient (Wildman–Crippen LogP) is 4.19. The van der Waals surface area contributed by atoms with Crippen LogP contribution in [0.15, 0.2) is 64.4 Å². The van der Waals surface area contributed by atoms with E-state index in [1.54, 1.807) is 17.8 Å². The summed E-state index contributed by atoms with van der Waals surface area (Å²) in [6.45, 7) is 0.443. The van der Waals surface area contributed by atoms with Gasteiger partial charge < -0.3 is 21.0 Å². The van der Waals surface area contributed by atoms with Crippen molar-refractivity contribution in [2.75, 3.05) is 12.4 Å². The number of carbonyl (C=O) groups is 1. The topological polar surface area (TPSA) is 109 Å². The van der Waals surface area contributed by atoms with Crippen molar-refractivity contribution in [2.45, 2.75) is 42.1 Å². The number of aromatic nitrogens is 1. The van der Waals surface area contributed by atoms with E-state index in [1.807, 2.05) is 30.3 Å². The Balaban J connectivity index is 1.77. The zero-order valence-corrected chi connectivity index (χ0v) is 20.0. The zero-order valence-electron chi connectivity index (χ0n) is 19.2. The molecule has 1 amide bonds. The van der Waals surface area contributed by atoms with Crippen molar-refractivity contribution < 1.29 is 28.2 Å². The number of benzene rings is 2. The summed E-state index contributed by atoms with van der Waals surface area (Å²) in [5.74, 6) is 3.52. The monoisotopic (exact) mass is 519 g/mol. The molecule has 2 heterocycles. The average molecular weight is 520 g/mol. The van der Waals surface area contributed by atoms with Crippen molar-refractivity contribution in [1.82, 2.24) is 9.58 Å². The lowest BCUT2D eigenvalue weighted by Crippen LogP contribution is -2.49. The number of hydrogen-bond donors (Lipinski definition) is 3. The summed E-state index contributed by atoms with van der Waals surface area (Å²) < 4.78 is 42.1. The molecule has 0 saturated carbocycles. The average Bonchev–Trinajstić information content (AvgIpc) is 2.99. The van der Waals surface area contributed by atoms with E-state index < -0.39 is 40.9 Å². The van der Waals surface area contributed by atoms with E-state index >= 15 is 0 Å². The van der Waals surface area contributed by atoms with Gasteiger partial charge in [-0.3, -0.25) is 14.3 Å². The van der Waals surface area contributed by atoms with Gasteiger partial charge in [0.2, 0.25) is 5.43 Å². The molecule has 0 radical (unpaired) electrons. The van der Waals surface area contributed by atoms with Crippen molar-refractivity contribution in [2.24, 2.45) is 0 Å². The van der Waals surface area contributed by atoms with Gasteiger partial charge >= 0.3 is 6.18 Å². The fourth-order valence-corrected chi connectivity index (χ4v) is 5.56. The Labute approximate surface area is 208 Å². The first kappa shape index (κ1) is 25.5. The molecule has 4 N–H and O–H groups in total. The minimum atomic E-state index is -4.78. The lowest BCUT2D eigenvalue weighted by atomic mass is 9.85. The molecule has 1 aliphatic heterocycles. The van der Waals surface area contributed by atoms with Gasteiger partial charge in [-0.15, -0.1) is 11.8 Å². The number of nitrogens with two attached hydrogens (primary N) is 1. The van der Waals surface area contributed by atoms with E-state index in [2.05, 4.69) is 0 Å². The number of carbonyl (C=O) groups excluding carboxylic acids is 1. The van der Waals surface area contributed by atoms with Crippen LogP contribution in [0.3, 0.4) is 0 Å². The highest BCUT2D eigenvalue weighted by Gasteiger charge is 2.43. The highest BCUT2D eigenvalue weighted by atomic mass is 32.2. The highest BCUT2D eigenvalue weighted by Crippen LogP contribution is 2.45. The van der Waals surface area contributed by atoms with Gasteiger partial charge in [0.25, 0.3) is 5.91 Å². The van der Waals surface area contributed by atoms with Gasteiger partial charge in [0.15, 0.2) is 11.4 Å². The summed E-state index contributed by atoms with van der Waals surface area (Å²) in [4.78, 5) is 26.7. The van der Waals surface area contributed by atoms with Crippen LogP contribution in [0.1, 0.15) is 46.4 Å². The summed E-state index contributed by atoms with van der Waals surface area (Å²) in [6, 6.07) is 11.2. The first-order valence-electron chi connectivity index (χ1n) is 11.1. The largest absolute Gasteiger partial charge is 0.508 e. The van der Waals surface area contributed by atoms with Gasteiger partial charge in [0.1, 0.15) is 11.8 Å². The number of nitrogens with zero attached hydrogens (tertiary/aromatic N) is 2. The second-order valence-corrected chi connectivity index (χ2v) is 9.54.